The molecule has 7 heteroatoms. The summed E-state index contributed by atoms with van der Waals surface area (Å²) in [6, 6.07) is 10.8. The van der Waals surface area contributed by atoms with Gasteiger partial charge in [0, 0.05) is 24.2 Å². The van der Waals surface area contributed by atoms with Crippen molar-refractivity contribution >= 4 is 11.8 Å². The van der Waals surface area contributed by atoms with Crippen molar-refractivity contribution in [3.05, 3.63) is 66.0 Å². The van der Waals surface area contributed by atoms with Crippen molar-refractivity contribution in [3.8, 4) is 5.75 Å². The van der Waals surface area contributed by atoms with Crippen LogP contribution in [-0.2, 0) is 12.4 Å². The van der Waals surface area contributed by atoms with Crippen LogP contribution in [0.1, 0.15) is 50.0 Å². The highest BCUT2D eigenvalue weighted by molar-refractivity contribution is 7.98. The van der Waals surface area contributed by atoms with E-state index in [4.69, 9.17) is 4.74 Å². The van der Waals surface area contributed by atoms with Crippen LogP contribution in [-0.4, -0.2) is 19.7 Å². The van der Waals surface area contributed by atoms with E-state index in [2.05, 4.69) is 32.7 Å². The van der Waals surface area contributed by atoms with Gasteiger partial charge in [-0.25, -0.2) is 4.39 Å². The molecular weight excluding hydrogens is 411 g/mol. The van der Waals surface area contributed by atoms with Crippen LogP contribution >= 0.6 is 11.8 Å². The third-order valence-electron chi connectivity index (χ3n) is 6.84. The average molecular weight is 439 g/mol. The molecule has 2 bridgehead atoms. The summed E-state index contributed by atoms with van der Waals surface area (Å²) >= 11 is 1.67. The van der Waals surface area contributed by atoms with E-state index in [-0.39, 0.29) is 18.2 Å². The Labute approximate surface area is 186 Å². The van der Waals surface area contributed by atoms with Crippen LogP contribution in [0, 0.1) is 23.6 Å². The topological polar surface area (TPSA) is 52.8 Å². The third-order valence-corrected chi connectivity index (χ3v) is 7.85. The van der Waals surface area contributed by atoms with E-state index in [9.17, 15) is 4.39 Å². The molecule has 5 rings (SSSR count). The SMILES string of the molecule is CC(C1CC2CCC1C2)n1c(COc2ccccc2F)nnc1SCc1cccnc1. The molecule has 2 aliphatic rings. The molecule has 31 heavy (non-hydrogen) atoms. The zero-order valence-corrected chi connectivity index (χ0v) is 18.5. The summed E-state index contributed by atoms with van der Waals surface area (Å²) in [5, 5.41) is 9.85. The van der Waals surface area contributed by atoms with Crippen molar-refractivity contribution in [2.24, 2.45) is 17.8 Å². The number of hydrogen-bond donors (Lipinski definition) is 0. The quantitative estimate of drug-likeness (QED) is 0.424. The Balaban J connectivity index is 1.38. The Morgan fingerprint density at radius 1 is 1.16 bits per heavy atom. The molecule has 162 valence electrons. The second-order valence-corrected chi connectivity index (χ2v) is 9.66. The van der Waals surface area contributed by atoms with Crippen LogP contribution in [0.15, 0.2) is 53.9 Å². The van der Waals surface area contributed by atoms with Gasteiger partial charge in [-0.05, 0) is 67.7 Å². The number of nitrogens with zero attached hydrogens (tertiary/aromatic N) is 4. The van der Waals surface area contributed by atoms with E-state index in [0.717, 1.165) is 34.1 Å². The lowest BCUT2D eigenvalue weighted by Gasteiger charge is -2.30. The van der Waals surface area contributed by atoms with Crippen LogP contribution in [0.3, 0.4) is 0 Å². The maximum Gasteiger partial charge on any atom is 0.191 e. The van der Waals surface area contributed by atoms with Gasteiger partial charge in [0.15, 0.2) is 22.5 Å². The minimum atomic E-state index is -0.360. The van der Waals surface area contributed by atoms with Gasteiger partial charge in [-0.1, -0.05) is 36.4 Å². The first-order chi connectivity index (χ1) is 15.2. The molecule has 2 aliphatic carbocycles. The largest absolute Gasteiger partial charge is 0.483 e. The number of thioether (sulfide) groups is 1. The molecule has 2 aromatic heterocycles. The summed E-state index contributed by atoms with van der Waals surface area (Å²) in [6.07, 6.45) is 9.02. The number of para-hydroxylation sites is 1. The lowest BCUT2D eigenvalue weighted by Crippen LogP contribution is -2.24. The molecule has 0 aliphatic heterocycles. The third kappa shape index (κ3) is 4.33. The summed E-state index contributed by atoms with van der Waals surface area (Å²) in [4.78, 5) is 4.21. The number of fused-ring (bicyclic) bond motifs is 2. The molecule has 3 aromatic rings. The average Bonchev–Trinajstić information content (AvgIpc) is 3.53. The summed E-state index contributed by atoms with van der Waals surface area (Å²) in [5.74, 6) is 3.73. The fourth-order valence-corrected chi connectivity index (χ4v) is 6.30. The first-order valence-electron chi connectivity index (χ1n) is 11.0. The molecule has 0 spiro atoms. The Morgan fingerprint density at radius 3 is 2.81 bits per heavy atom. The number of benzene rings is 1. The van der Waals surface area contributed by atoms with Gasteiger partial charge in [-0.3, -0.25) is 9.55 Å². The van der Waals surface area contributed by atoms with Gasteiger partial charge in [-0.15, -0.1) is 10.2 Å². The molecule has 0 radical (unpaired) electrons. The first-order valence-corrected chi connectivity index (χ1v) is 12.0. The normalized spacial score (nSPS) is 23.2. The lowest BCUT2D eigenvalue weighted by atomic mass is 9.84. The lowest BCUT2D eigenvalue weighted by molar-refractivity contribution is 0.215. The van der Waals surface area contributed by atoms with Crippen molar-refractivity contribution < 1.29 is 9.13 Å². The Morgan fingerprint density at radius 2 is 2.06 bits per heavy atom. The van der Waals surface area contributed by atoms with Gasteiger partial charge in [0.2, 0.25) is 0 Å². The summed E-state index contributed by atoms with van der Waals surface area (Å²) < 4.78 is 22.1. The van der Waals surface area contributed by atoms with Gasteiger partial charge < -0.3 is 4.74 Å². The van der Waals surface area contributed by atoms with E-state index < -0.39 is 0 Å². The molecular formula is C24H27FN4OS. The van der Waals surface area contributed by atoms with Crippen molar-refractivity contribution in [2.45, 2.75) is 56.2 Å². The number of rotatable bonds is 8. The maximum atomic E-state index is 14.0. The highest BCUT2D eigenvalue weighted by Gasteiger charge is 2.43. The predicted octanol–water partition coefficient (Wildman–Crippen LogP) is 5.68. The highest BCUT2D eigenvalue weighted by Crippen LogP contribution is 2.52. The number of ether oxygens (including phenoxy) is 1. The highest BCUT2D eigenvalue weighted by atomic mass is 32.2. The van der Waals surface area contributed by atoms with E-state index in [0.29, 0.717) is 12.0 Å². The van der Waals surface area contributed by atoms with Crippen LogP contribution in [0.2, 0.25) is 0 Å². The summed E-state index contributed by atoms with van der Waals surface area (Å²) in [7, 11) is 0. The van der Waals surface area contributed by atoms with Gasteiger partial charge in [0.25, 0.3) is 0 Å². The molecule has 4 unspecified atom stereocenters. The van der Waals surface area contributed by atoms with Crippen LogP contribution in [0.5, 0.6) is 5.75 Å². The van der Waals surface area contributed by atoms with Gasteiger partial charge >= 0.3 is 0 Å². The minimum absolute atomic E-state index is 0.201. The zero-order chi connectivity index (χ0) is 21.2. The number of pyridine rings is 1. The van der Waals surface area contributed by atoms with Crippen LogP contribution < -0.4 is 4.74 Å². The molecule has 0 amide bonds. The molecule has 0 saturated heterocycles. The van der Waals surface area contributed by atoms with Crippen molar-refractivity contribution in [3.63, 3.8) is 0 Å². The van der Waals surface area contributed by atoms with E-state index >= 15 is 0 Å². The molecule has 2 saturated carbocycles. The first kappa shape index (κ1) is 20.5. The Bertz CT molecular complexity index is 1030. The van der Waals surface area contributed by atoms with Gasteiger partial charge in [-0.2, -0.15) is 0 Å². The second-order valence-electron chi connectivity index (χ2n) is 8.72. The monoisotopic (exact) mass is 438 g/mol. The standard InChI is InChI=1S/C24H27FN4OS/c1-16(20-12-17-8-9-19(20)11-17)29-23(14-30-22-7-3-2-6-21(22)25)27-28-24(29)31-15-18-5-4-10-26-13-18/h2-7,10,13,16-17,19-20H,8-9,11-12,14-15H2,1H3. The predicted molar refractivity (Wildman–Crippen MR) is 118 cm³/mol. The molecule has 4 atom stereocenters. The van der Waals surface area contributed by atoms with E-state index in [1.54, 1.807) is 36.2 Å². The fraction of sp³-hybridized carbons (Fsp3) is 0.458. The van der Waals surface area contributed by atoms with Gasteiger partial charge in [0.05, 0.1) is 0 Å². The molecule has 2 heterocycles. The second kappa shape index (κ2) is 8.99. The maximum absolute atomic E-state index is 14.0. The zero-order valence-electron chi connectivity index (χ0n) is 17.7. The molecule has 0 N–H and O–H groups in total. The Kier molecular flexibility index (Phi) is 5.94. The fourth-order valence-electron chi connectivity index (χ4n) is 5.33. The van der Waals surface area contributed by atoms with Crippen molar-refractivity contribution in [1.82, 2.24) is 19.7 Å². The Hall–Kier alpha value is -2.41. The molecule has 2 fully saturated rings. The number of aromatic nitrogens is 4. The van der Waals surface area contributed by atoms with E-state index in [1.807, 2.05) is 12.3 Å². The van der Waals surface area contributed by atoms with Crippen molar-refractivity contribution in [2.75, 3.05) is 0 Å². The smallest absolute Gasteiger partial charge is 0.191 e. The van der Waals surface area contributed by atoms with E-state index in [1.165, 1.54) is 31.7 Å². The van der Waals surface area contributed by atoms with Gasteiger partial charge in [0.1, 0.15) is 6.61 Å². The van der Waals surface area contributed by atoms with Crippen LogP contribution in [0.4, 0.5) is 4.39 Å². The molecule has 1 aromatic carbocycles. The summed E-state index contributed by atoms with van der Waals surface area (Å²) in [6.45, 7) is 2.49. The summed E-state index contributed by atoms with van der Waals surface area (Å²) in [5.41, 5.74) is 1.15. The van der Waals surface area contributed by atoms with Crippen LogP contribution in [0.25, 0.3) is 0 Å². The number of hydrogen-bond acceptors (Lipinski definition) is 5. The minimum Gasteiger partial charge on any atom is -0.483 e. The number of halogens is 1. The molecule has 5 nitrogen and oxygen atoms in total. The van der Waals surface area contributed by atoms with Crippen molar-refractivity contribution in [1.29, 1.82) is 0 Å².